The maximum atomic E-state index is 14.0. The van der Waals surface area contributed by atoms with Crippen LogP contribution in [0.15, 0.2) is 54.9 Å². The molecule has 1 saturated heterocycles. The summed E-state index contributed by atoms with van der Waals surface area (Å²) in [6.07, 6.45) is -3.35. The molecule has 0 aliphatic carbocycles. The Balaban J connectivity index is 1.31. The topological polar surface area (TPSA) is 138 Å². The van der Waals surface area contributed by atoms with E-state index in [0.717, 1.165) is 16.8 Å². The number of rotatable bonds is 7. The van der Waals surface area contributed by atoms with Gasteiger partial charge in [0.15, 0.2) is 5.82 Å². The second kappa shape index (κ2) is 12.0. The number of anilines is 3. The lowest BCUT2D eigenvalue weighted by atomic mass is 10.1. The molecular weight excluding hydrogens is 604 g/mol. The minimum absolute atomic E-state index is 0.249. The first kappa shape index (κ1) is 31.2. The second-order valence-electron chi connectivity index (χ2n) is 10.6. The minimum atomic E-state index is -4.69. The highest BCUT2D eigenvalue weighted by Gasteiger charge is 2.32. The van der Waals surface area contributed by atoms with Crippen LogP contribution >= 0.6 is 0 Å². The lowest BCUT2D eigenvalue weighted by Crippen LogP contribution is -2.50. The van der Waals surface area contributed by atoms with E-state index in [1.54, 1.807) is 42.6 Å². The summed E-state index contributed by atoms with van der Waals surface area (Å²) in [6, 6.07) is 9.32. The predicted octanol–water partition coefficient (Wildman–Crippen LogP) is 4.64. The zero-order valence-corrected chi connectivity index (χ0v) is 24.6. The predicted molar refractivity (Wildman–Crippen MR) is 158 cm³/mol. The van der Waals surface area contributed by atoms with Crippen molar-refractivity contribution in [3.05, 3.63) is 71.9 Å². The molecule has 2 aromatic heterocycles. The number of nitrogens with zero attached hydrogens (tertiary/aromatic N) is 5. The number of urea groups is 1. The summed E-state index contributed by atoms with van der Waals surface area (Å²) in [5, 5.41) is 8.48. The molecule has 3 heterocycles. The number of carbonyl (C=O) groups excluding carboxylic acids is 1. The Labute approximate surface area is 250 Å². The average Bonchev–Trinajstić information content (AvgIpc) is 3.33. The Morgan fingerprint density at radius 2 is 1.70 bits per heavy atom. The van der Waals surface area contributed by atoms with Crippen LogP contribution in [0.2, 0.25) is 0 Å². The number of sulfonamides is 1. The smallest absolute Gasteiger partial charge is 0.382 e. The van der Waals surface area contributed by atoms with Crippen molar-refractivity contribution in [1.82, 2.24) is 23.8 Å². The number of aromatic nitrogens is 3. The SMILES string of the molecule is CC(C)S(=O)(=O)N1CCN(Cc2cc(-c3ccc(NC(=O)Nc4cc(C(F)(F)F)ccc4F)cc3)c3c(N)ncnn23)CC1. The monoisotopic (exact) mass is 634 g/mol. The standard InChI is InChI=1S/C28H30F4N8O3S/c1-17(2)44(42,43)39-11-9-38(10-12-39)15-21-14-22(25-26(33)34-16-35-40(21)25)18-3-6-20(7-4-18)36-27(41)37-24-13-19(28(30,31)32)5-8-23(24)29/h3-8,13-14,16-17H,9-12,15H2,1-2H3,(H2,33,34,35)(H2,36,37,41). The van der Waals surface area contributed by atoms with E-state index in [2.05, 4.69) is 25.6 Å². The normalized spacial score (nSPS) is 15.2. The van der Waals surface area contributed by atoms with E-state index in [9.17, 15) is 30.8 Å². The molecule has 234 valence electrons. The van der Waals surface area contributed by atoms with Crippen LogP contribution in [0.5, 0.6) is 0 Å². The number of alkyl halides is 3. The number of hydrogen-bond donors (Lipinski definition) is 3. The van der Waals surface area contributed by atoms with E-state index >= 15 is 0 Å². The number of amides is 2. The molecular formula is C28H30F4N8O3S. The average molecular weight is 635 g/mol. The maximum absolute atomic E-state index is 14.0. The van der Waals surface area contributed by atoms with Crippen molar-refractivity contribution in [3.63, 3.8) is 0 Å². The van der Waals surface area contributed by atoms with Gasteiger partial charge in [0.2, 0.25) is 10.0 Å². The molecule has 4 aromatic rings. The van der Waals surface area contributed by atoms with Crippen molar-refractivity contribution in [2.45, 2.75) is 31.8 Å². The van der Waals surface area contributed by atoms with Gasteiger partial charge in [-0.25, -0.2) is 27.1 Å². The van der Waals surface area contributed by atoms with Gasteiger partial charge in [0.1, 0.15) is 17.7 Å². The van der Waals surface area contributed by atoms with Crippen molar-refractivity contribution in [2.24, 2.45) is 0 Å². The van der Waals surface area contributed by atoms with Crippen LogP contribution in [0.25, 0.3) is 16.6 Å². The number of halogens is 4. The van der Waals surface area contributed by atoms with Gasteiger partial charge in [0.25, 0.3) is 0 Å². The third-order valence-electron chi connectivity index (χ3n) is 7.32. The van der Waals surface area contributed by atoms with E-state index in [-0.39, 0.29) is 5.82 Å². The molecule has 0 radical (unpaired) electrons. The number of carbonyl (C=O) groups is 1. The highest BCUT2D eigenvalue weighted by Crippen LogP contribution is 2.33. The molecule has 11 nitrogen and oxygen atoms in total. The van der Waals surface area contributed by atoms with Crippen LogP contribution in [0.3, 0.4) is 0 Å². The third-order valence-corrected chi connectivity index (χ3v) is 9.60. The first-order chi connectivity index (χ1) is 20.7. The van der Waals surface area contributed by atoms with E-state index < -0.39 is 44.5 Å². The van der Waals surface area contributed by atoms with Gasteiger partial charge in [0, 0.05) is 44.0 Å². The maximum Gasteiger partial charge on any atom is 0.416 e. The second-order valence-corrected chi connectivity index (χ2v) is 13.1. The Morgan fingerprint density at radius 3 is 2.34 bits per heavy atom. The fraction of sp³-hybridized carbons (Fsp3) is 0.321. The Bertz CT molecular complexity index is 1790. The van der Waals surface area contributed by atoms with Crippen LogP contribution < -0.4 is 16.4 Å². The first-order valence-corrected chi connectivity index (χ1v) is 15.1. The van der Waals surface area contributed by atoms with Gasteiger partial charge in [-0.1, -0.05) is 12.1 Å². The first-order valence-electron chi connectivity index (χ1n) is 13.6. The van der Waals surface area contributed by atoms with Gasteiger partial charge >= 0.3 is 12.2 Å². The number of benzene rings is 2. The Morgan fingerprint density at radius 1 is 1.02 bits per heavy atom. The summed E-state index contributed by atoms with van der Waals surface area (Å²) in [5.41, 5.74) is 7.66. The molecule has 5 rings (SSSR count). The number of hydrogen-bond acceptors (Lipinski definition) is 7. The highest BCUT2D eigenvalue weighted by molar-refractivity contribution is 7.89. The van der Waals surface area contributed by atoms with Crippen molar-refractivity contribution in [3.8, 4) is 11.1 Å². The fourth-order valence-corrected chi connectivity index (χ4v) is 6.22. The number of nitrogens with one attached hydrogen (secondary N) is 2. The van der Waals surface area contributed by atoms with Gasteiger partial charge in [-0.3, -0.25) is 4.90 Å². The molecule has 0 unspecified atom stereocenters. The number of nitrogen functional groups attached to an aromatic ring is 1. The molecule has 0 spiro atoms. The molecule has 0 saturated carbocycles. The quantitative estimate of drug-likeness (QED) is 0.252. The molecule has 2 amide bonds. The molecule has 2 aromatic carbocycles. The largest absolute Gasteiger partial charge is 0.416 e. The Hall–Kier alpha value is -4.28. The van der Waals surface area contributed by atoms with Crippen molar-refractivity contribution >= 4 is 38.8 Å². The fourth-order valence-electron chi connectivity index (χ4n) is 4.95. The van der Waals surface area contributed by atoms with Crippen molar-refractivity contribution < 1.29 is 30.8 Å². The molecule has 4 N–H and O–H groups in total. The molecule has 1 aliphatic heterocycles. The summed E-state index contributed by atoms with van der Waals surface area (Å²) in [5.74, 6) is -0.763. The molecule has 16 heteroatoms. The van der Waals surface area contributed by atoms with Gasteiger partial charge in [-0.15, -0.1) is 0 Å². The van der Waals surface area contributed by atoms with Gasteiger partial charge in [-0.05, 0) is 55.8 Å². The van der Waals surface area contributed by atoms with Crippen molar-refractivity contribution in [2.75, 3.05) is 42.5 Å². The third kappa shape index (κ3) is 6.46. The van der Waals surface area contributed by atoms with Crippen LogP contribution in [0.4, 0.5) is 39.5 Å². The van der Waals surface area contributed by atoms with Crippen molar-refractivity contribution in [1.29, 1.82) is 0 Å². The van der Waals surface area contributed by atoms with E-state index in [1.807, 2.05) is 6.07 Å². The molecule has 44 heavy (non-hydrogen) atoms. The van der Waals surface area contributed by atoms with E-state index in [1.165, 1.54) is 10.6 Å². The summed E-state index contributed by atoms with van der Waals surface area (Å²) in [6.45, 7) is 5.67. The minimum Gasteiger partial charge on any atom is -0.382 e. The molecule has 0 bridgehead atoms. The van der Waals surface area contributed by atoms with Crippen LogP contribution in [0.1, 0.15) is 25.1 Å². The lowest BCUT2D eigenvalue weighted by molar-refractivity contribution is -0.137. The van der Waals surface area contributed by atoms with E-state index in [4.69, 9.17) is 5.73 Å². The van der Waals surface area contributed by atoms with Crippen LogP contribution in [0, 0.1) is 5.82 Å². The van der Waals surface area contributed by atoms with E-state index in [0.29, 0.717) is 62.1 Å². The summed E-state index contributed by atoms with van der Waals surface area (Å²) in [4.78, 5) is 18.7. The zero-order chi connectivity index (χ0) is 31.8. The summed E-state index contributed by atoms with van der Waals surface area (Å²) in [7, 11) is -3.33. The zero-order valence-electron chi connectivity index (χ0n) is 23.8. The van der Waals surface area contributed by atoms with Gasteiger partial charge in [-0.2, -0.15) is 22.6 Å². The summed E-state index contributed by atoms with van der Waals surface area (Å²) >= 11 is 0. The van der Waals surface area contributed by atoms with Crippen LogP contribution in [-0.2, 0) is 22.7 Å². The lowest BCUT2D eigenvalue weighted by Gasteiger charge is -2.34. The highest BCUT2D eigenvalue weighted by atomic mass is 32.2. The van der Waals surface area contributed by atoms with Gasteiger partial charge < -0.3 is 16.4 Å². The van der Waals surface area contributed by atoms with Gasteiger partial charge in [0.05, 0.1) is 22.2 Å². The number of nitrogens with two attached hydrogens (primary N) is 1. The number of piperazine rings is 1. The summed E-state index contributed by atoms with van der Waals surface area (Å²) < 4.78 is 81.3. The molecule has 1 aliphatic rings. The number of fused-ring (bicyclic) bond motifs is 1. The molecule has 1 fully saturated rings. The van der Waals surface area contributed by atoms with Crippen LogP contribution in [-0.4, -0.2) is 69.7 Å². The Kier molecular flexibility index (Phi) is 8.51. The molecule has 0 atom stereocenters.